The highest BCUT2D eigenvalue weighted by atomic mass is 35.5. The Balaban J connectivity index is 2.41. The normalized spacial score (nSPS) is 10.9. The largest absolute Gasteiger partial charge is 0.365 e. The van der Waals surface area contributed by atoms with Gasteiger partial charge in [0.1, 0.15) is 0 Å². The van der Waals surface area contributed by atoms with Gasteiger partial charge in [0.2, 0.25) is 0 Å². The third-order valence-electron chi connectivity index (χ3n) is 2.68. The van der Waals surface area contributed by atoms with E-state index in [9.17, 15) is 0 Å². The van der Waals surface area contributed by atoms with Crippen LogP contribution in [0.4, 0.5) is 5.82 Å². The van der Waals surface area contributed by atoms with Crippen molar-refractivity contribution < 1.29 is 0 Å². The van der Waals surface area contributed by atoms with Crippen molar-refractivity contribution >= 4 is 29.0 Å². The molecular formula is C14H13Cl2N3. The summed E-state index contributed by atoms with van der Waals surface area (Å²) in [4.78, 5) is 0. The second kappa shape index (κ2) is 6.55. The van der Waals surface area contributed by atoms with E-state index in [4.69, 9.17) is 23.2 Å². The number of benzene rings is 1. The van der Waals surface area contributed by atoms with Gasteiger partial charge in [0.25, 0.3) is 0 Å². The molecule has 1 heterocycles. The van der Waals surface area contributed by atoms with Gasteiger partial charge in [-0.15, -0.1) is 5.10 Å². The molecule has 0 radical (unpaired) electrons. The van der Waals surface area contributed by atoms with Crippen LogP contribution in [0.1, 0.15) is 5.56 Å². The van der Waals surface area contributed by atoms with E-state index in [-0.39, 0.29) is 0 Å². The van der Waals surface area contributed by atoms with E-state index >= 15 is 0 Å². The quantitative estimate of drug-likeness (QED) is 0.915. The minimum Gasteiger partial charge on any atom is -0.365 e. The molecule has 0 saturated carbocycles. The maximum atomic E-state index is 6.35. The molecule has 0 aliphatic carbocycles. The highest BCUT2D eigenvalue weighted by Crippen LogP contribution is 2.33. The van der Waals surface area contributed by atoms with E-state index in [1.807, 2.05) is 31.2 Å². The minimum atomic E-state index is 0.582. The minimum absolute atomic E-state index is 0.582. The Labute approximate surface area is 122 Å². The zero-order chi connectivity index (χ0) is 13.7. The number of hydrogen-bond acceptors (Lipinski definition) is 3. The van der Waals surface area contributed by atoms with Gasteiger partial charge in [-0.1, -0.05) is 47.5 Å². The molecule has 0 fully saturated rings. The molecule has 0 aliphatic rings. The van der Waals surface area contributed by atoms with Gasteiger partial charge >= 0.3 is 0 Å². The van der Waals surface area contributed by atoms with Crippen molar-refractivity contribution in [3.8, 4) is 11.1 Å². The maximum Gasteiger partial charge on any atom is 0.156 e. The van der Waals surface area contributed by atoms with Gasteiger partial charge < -0.3 is 5.32 Å². The van der Waals surface area contributed by atoms with Crippen LogP contribution in [0.3, 0.4) is 0 Å². The summed E-state index contributed by atoms with van der Waals surface area (Å²) in [7, 11) is 0. The average molecular weight is 294 g/mol. The molecule has 0 aliphatic heterocycles. The second-order valence-electron chi connectivity index (χ2n) is 3.97. The van der Waals surface area contributed by atoms with E-state index in [2.05, 4.69) is 15.5 Å². The SMILES string of the molecule is Cc1cccc(-c2ccnnc2NC/C=C/Cl)c1Cl. The summed E-state index contributed by atoms with van der Waals surface area (Å²) in [6.45, 7) is 2.56. The summed E-state index contributed by atoms with van der Waals surface area (Å²) in [5, 5.41) is 11.9. The molecule has 98 valence electrons. The number of anilines is 1. The first kappa shape index (κ1) is 13.8. The number of rotatable bonds is 4. The van der Waals surface area contributed by atoms with Crippen LogP contribution in [-0.2, 0) is 0 Å². The third-order valence-corrected chi connectivity index (χ3v) is 3.36. The number of nitrogens with zero attached hydrogens (tertiary/aromatic N) is 2. The van der Waals surface area contributed by atoms with Crippen molar-refractivity contribution in [1.29, 1.82) is 0 Å². The molecule has 5 heteroatoms. The molecule has 19 heavy (non-hydrogen) atoms. The molecule has 2 aromatic rings. The number of halogens is 2. The van der Waals surface area contributed by atoms with Crippen LogP contribution in [-0.4, -0.2) is 16.7 Å². The lowest BCUT2D eigenvalue weighted by atomic mass is 10.0. The first-order valence-corrected chi connectivity index (χ1v) is 6.61. The standard InChI is InChI=1S/C14H13Cl2N3/c1-10-4-2-5-11(13(10)16)12-6-9-18-19-14(12)17-8-3-7-15/h2-7,9H,8H2,1H3,(H,17,19)/b7-3+. The van der Waals surface area contributed by atoms with Crippen molar-refractivity contribution in [2.24, 2.45) is 0 Å². The molecule has 0 atom stereocenters. The zero-order valence-electron chi connectivity index (χ0n) is 10.4. The Morgan fingerprint density at radius 3 is 2.89 bits per heavy atom. The highest BCUT2D eigenvalue weighted by molar-refractivity contribution is 6.34. The molecule has 1 aromatic carbocycles. The Bertz CT molecular complexity index is 597. The lowest BCUT2D eigenvalue weighted by Crippen LogP contribution is -2.03. The molecule has 1 N–H and O–H groups in total. The summed E-state index contributed by atoms with van der Waals surface area (Å²) in [6, 6.07) is 7.80. The smallest absolute Gasteiger partial charge is 0.156 e. The Kier molecular flexibility index (Phi) is 4.77. The van der Waals surface area contributed by atoms with Gasteiger partial charge in [0.15, 0.2) is 5.82 Å². The first-order valence-electron chi connectivity index (χ1n) is 5.80. The Morgan fingerprint density at radius 2 is 2.11 bits per heavy atom. The van der Waals surface area contributed by atoms with Gasteiger partial charge in [0.05, 0.1) is 11.2 Å². The summed E-state index contributed by atoms with van der Waals surface area (Å²) < 4.78 is 0. The van der Waals surface area contributed by atoms with Crippen LogP contribution in [0, 0.1) is 6.92 Å². The number of nitrogens with one attached hydrogen (secondary N) is 1. The van der Waals surface area contributed by atoms with Crippen LogP contribution in [0.15, 0.2) is 42.1 Å². The average Bonchev–Trinajstić information content (AvgIpc) is 2.43. The van der Waals surface area contributed by atoms with Crippen LogP contribution in [0.2, 0.25) is 5.02 Å². The lowest BCUT2D eigenvalue weighted by Gasteiger charge is -2.11. The zero-order valence-corrected chi connectivity index (χ0v) is 11.9. The van der Waals surface area contributed by atoms with E-state index in [0.717, 1.165) is 21.7 Å². The van der Waals surface area contributed by atoms with E-state index < -0.39 is 0 Å². The summed E-state index contributed by atoms with van der Waals surface area (Å²) in [6.07, 6.45) is 3.44. The fourth-order valence-electron chi connectivity index (χ4n) is 1.74. The summed E-state index contributed by atoms with van der Waals surface area (Å²) in [5.74, 6) is 0.685. The van der Waals surface area contributed by atoms with Crippen molar-refractivity contribution in [1.82, 2.24) is 10.2 Å². The van der Waals surface area contributed by atoms with Crippen molar-refractivity contribution in [3.05, 3.63) is 52.7 Å². The Morgan fingerprint density at radius 1 is 1.26 bits per heavy atom. The first-order chi connectivity index (χ1) is 9.24. The molecule has 0 unspecified atom stereocenters. The van der Waals surface area contributed by atoms with Crippen molar-refractivity contribution in [3.63, 3.8) is 0 Å². The van der Waals surface area contributed by atoms with Gasteiger partial charge in [-0.05, 0) is 18.6 Å². The molecule has 3 nitrogen and oxygen atoms in total. The van der Waals surface area contributed by atoms with E-state index in [1.165, 1.54) is 5.54 Å². The highest BCUT2D eigenvalue weighted by Gasteiger charge is 2.10. The molecule has 0 spiro atoms. The van der Waals surface area contributed by atoms with Crippen molar-refractivity contribution in [2.45, 2.75) is 6.92 Å². The molecule has 0 amide bonds. The lowest BCUT2D eigenvalue weighted by molar-refractivity contribution is 1.02. The molecule has 1 aromatic heterocycles. The van der Waals surface area contributed by atoms with Crippen LogP contribution in [0.5, 0.6) is 0 Å². The molecule has 2 rings (SSSR count). The number of aromatic nitrogens is 2. The van der Waals surface area contributed by atoms with E-state index in [0.29, 0.717) is 12.4 Å². The fourth-order valence-corrected chi connectivity index (χ4v) is 2.05. The predicted octanol–water partition coefficient (Wildman–Crippen LogP) is 4.27. The predicted molar refractivity (Wildman–Crippen MR) is 80.7 cm³/mol. The van der Waals surface area contributed by atoms with Crippen LogP contribution < -0.4 is 5.32 Å². The number of aryl methyl sites for hydroxylation is 1. The Hall–Kier alpha value is -1.58. The van der Waals surface area contributed by atoms with E-state index in [1.54, 1.807) is 12.3 Å². The second-order valence-corrected chi connectivity index (χ2v) is 4.60. The molecular weight excluding hydrogens is 281 g/mol. The summed E-state index contributed by atoms with van der Waals surface area (Å²) in [5.41, 5.74) is 4.35. The van der Waals surface area contributed by atoms with Crippen LogP contribution in [0.25, 0.3) is 11.1 Å². The maximum absolute atomic E-state index is 6.35. The molecule has 0 saturated heterocycles. The van der Waals surface area contributed by atoms with Gasteiger partial charge in [-0.2, -0.15) is 5.10 Å². The van der Waals surface area contributed by atoms with Gasteiger partial charge in [-0.25, -0.2) is 0 Å². The summed E-state index contributed by atoms with van der Waals surface area (Å²) >= 11 is 11.8. The fraction of sp³-hybridized carbons (Fsp3) is 0.143. The topological polar surface area (TPSA) is 37.8 Å². The third kappa shape index (κ3) is 3.25. The van der Waals surface area contributed by atoms with Crippen molar-refractivity contribution in [2.75, 3.05) is 11.9 Å². The molecule has 0 bridgehead atoms. The monoisotopic (exact) mass is 293 g/mol. The number of hydrogen-bond donors (Lipinski definition) is 1. The van der Waals surface area contributed by atoms with Gasteiger partial charge in [0, 0.05) is 23.2 Å². The van der Waals surface area contributed by atoms with Crippen LogP contribution >= 0.6 is 23.2 Å². The van der Waals surface area contributed by atoms with Gasteiger partial charge in [-0.3, -0.25) is 0 Å².